The summed E-state index contributed by atoms with van der Waals surface area (Å²) in [5.74, 6) is -0.861. The number of benzene rings is 6. The molecular formula is C51H52B3F4N3O11S2. The normalized spacial score (nSPS) is 15.8. The second-order valence-electron chi connectivity index (χ2n) is 18.3. The van der Waals surface area contributed by atoms with Crippen molar-refractivity contribution in [2.45, 2.75) is 59.2 Å². The van der Waals surface area contributed by atoms with Crippen molar-refractivity contribution in [3.8, 4) is 11.5 Å². The lowest BCUT2D eigenvalue weighted by atomic mass is 9.61. The fraction of sp³-hybridized carbons (Fsp3) is 0.255. The van der Waals surface area contributed by atoms with E-state index in [0.717, 1.165) is 11.8 Å². The Kier molecular flexibility index (Phi) is 16.4. The molecule has 0 saturated carbocycles. The van der Waals surface area contributed by atoms with Crippen LogP contribution < -0.4 is 39.4 Å². The van der Waals surface area contributed by atoms with Gasteiger partial charge in [-0.25, -0.2) is 34.4 Å². The Morgan fingerprint density at radius 1 is 0.527 bits per heavy atom. The molecule has 23 heteroatoms. The summed E-state index contributed by atoms with van der Waals surface area (Å²) in [4.78, 5) is 26.3. The molecule has 0 aliphatic carbocycles. The highest BCUT2D eigenvalue weighted by Gasteiger charge is 2.44. The Labute approximate surface area is 429 Å². The van der Waals surface area contributed by atoms with Gasteiger partial charge in [-0.2, -0.15) is 0 Å². The molecule has 6 aromatic rings. The number of amides is 1. The van der Waals surface area contributed by atoms with E-state index in [1.54, 1.807) is 114 Å². The first kappa shape index (κ1) is 55.1. The number of Topliss-reactive ketones (excluding diaryl/α,β-unsaturated/α-hetero) is 1. The lowest BCUT2D eigenvalue weighted by Gasteiger charge is -2.39. The number of nitrogens with zero attached hydrogens (tertiary/aromatic N) is 3. The van der Waals surface area contributed by atoms with E-state index in [1.165, 1.54) is 80.4 Å². The van der Waals surface area contributed by atoms with Gasteiger partial charge in [0.25, 0.3) is 5.91 Å². The van der Waals surface area contributed by atoms with Gasteiger partial charge in [-0.3, -0.25) is 23.1 Å². The lowest BCUT2D eigenvalue weighted by Crippen LogP contribution is -2.61. The Morgan fingerprint density at radius 2 is 0.892 bits per heavy atom. The van der Waals surface area contributed by atoms with Gasteiger partial charge in [0.05, 0.1) is 29.6 Å². The maximum atomic E-state index is 13.3. The Morgan fingerprint density at radius 3 is 1.28 bits per heavy atom. The van der Waals surface area contributed by atoms with Crippen molar-refractivity contribution in [1.82, 2.24) is 0 Å². The highest BCUT2D eigenvalue weighted by Crippen LogP contribution is 2.44. The predicted octanol–water partition coefficient (Wildman–Crippen LogP) is 6.86. The molecule has 0 unspecified atom stereocenters. The number of ether oxygens (including phenoxy) is 2. The van der Waals surface area contributed by atoms with E-state index in [-0.39, 0.29) is 35.7 Å². The monoisotopic (exact) mass is 1060 g/mol. The van der Waals surface area contributed by atoms with Crippen LogP contribution in [0.2, 0.25) is 0 Å². The number of hydrogen-bond acceptors (Lipinski definition) is 11. The smallest absolute Gasteiger partial charge is 0.467 e. The molecule has 9 rings (SSSR count). The van der Waals surface area contributed by atoms with E-state index in [4.69, 9.17) is 23.2 Å². The molecule has 3 heterocycles. The number of rotatable bonds is 10. The number of halogens is 4. The van der Waals surface area contributed by atoms with Crippen LogP contribution in [0.25, 0.3) is 0 Å². The third-order valence-corrected chi connectivity index (χ3v) is 14.4. The summed E-state index contributed by atoms with van der Waals surface area (Å²) < 4.78 is 132. The molecule has 0 aromatic heterocycles. The zero-order valence-corrected chi connectivity index (χ0v) is 43.3. The quantitative estimate of drug-likeness (QED) is 0.104. The average molecular weight is 1060 g/mol. The van der Waals surface area contributed by atoms with Gasteiger partial charge >= 0.3 is 21.4 Å². The van der Waals surface area contributed by atoms with Crippen LogP contribution in [0, 0.1) is 23.3 Å². The van der Waals surface area contributed by atoms with Gasteiger partial charge in [0, 0.05) is 42.9 Å². The molecule has 0 radical (unpaired) electrons. The molecule has 3 aliphatic rings. The van der Waals surface area contributed by atoms with Crippen LogP contribution in [0.4, 0.5) is 40.3 Å². The van der Waals surface area contributed by atoms with Crippen molar-refractivity contribution >= 4 is 92.2 Å². The van der Waals surface area contributed by atoms with Crippen molar-refractivity contribution in [2.75, 3.05) is 39.1 Å². The number of carbonyl (C=O) groups is 2. The molecule has 1 saturated heterocycles. The van der Waals surface area contributed by atoms with Crippen molar-refractivity contribution in [3.05, 3.63) is 162 Å². The molecule has 74 heavy (non-hydrogen) atoms. The van der Waals surface area contributed by atoms with E-state index in [2.05, 4.69) is 0 Å². The highest BCUT2D eigenvalue weighted by atomic mass is 32.2. The average Bonchev–Trinajstić information content (AvgIpc) is 3.33. The van der Waals surface area contributed by atoms with Gasteiger partial charge in [-0.05, 0) is 137 Å². The van der Waals surface area contributed by atoms with Crippen LogP contribution in [-0.2, 0) is 49.8 Å². The van der Waals surface area contributed by atoms with E-state index in [0.29, 0.717) is 63.6 Å². The van der Waals surface area contributed by atoms with Gasteiger partial charge in [-0.15, -0.1) is 0 Å². The fourth-order valence-electron chi connectivity index (χ4n) is 8.11. The minimum Gasteiger partial charge on any atom is -0.480 e. The van der Waals surface area contributed by atoms with Crippen LogP contribution in [0.15, 0.2) is 133 Å². The van der Waals surface area contributed by atoms with Crippen LogP contribution in [0.3, 0.4) is 0 Å². The molecule has 0 N–H and O–H groups in total. The fourth-order valence-corrected chi connectivity index (χ4v) is 10.0. The topological polar surface area (TPSA) is 158 Å². The molecule has 0 bridgehead atoms. The molecule has 0 atom stereocenters. The van der Waals surface area contributed by atoms with Crippen LogP contribution in [0.1, 0.15) is 47.1 Å². The molecule has 1 fully saturated rings. The molecule has 0 spiro atoms. The van der Waals surface area contributed by atoms with E-state index in [1.807, 2.05) is 0 Å². The highest BCUT2D eigenvalue weighted by molar-refractivity contribution is 7.92. The maximum absolute atomic E-state index is 13.3. The summed E-state index contributed by atoms with van der Waals surface area (Å²) in [6.07, 6.45) is 2.62. The molecule has 6 aromatic carbocycles. The number of fused-ring (bicyclic) bond motifs is 2. The number of hydrogen-bond donors (Lipinski definition) is 0. The largest absolute Gasteiger partial charge is 0.480 e. The molecule has 1 amide bonds. The molecular weight excluding hydrogens is 1000 g/mol. The van der Waals surface area contributed by atoms with Gasteiger partial charge in [0.1, 0.15) is 34.8 Å². The predicted molar refractivity (Wildman–Crippen MR) is 279 cm³/mol. The Hall–Kier alpha value is -6.65. The van der Waals surface area contributed by atoms with Crippen molar-refractivity contribution in [3.63, 3.8) is 0 Å². The Balaban J connectivity index is 0.000000164. The molecule has 3 aliphatic heterocycles. The minimum atomic E-state index is -3.45. The second-order valence-corrected chi connectivity index (χ2v) is 22.1. The third kappa shape index (κ3) is 12.8. The van der Waals surface area contributed by atoms with E-state index in [9.17, 15) is 44.0 Å². The summed E-state index contributed by atoms with van der Waals surface area (Å²) >= 11 is 0. The van der Waals surface area contributed by atoms with Crippen LogP contribution in [0.5, 0.6) is 11.5 Å². The SMILES string of the molecule is CCN(c1ccc2c(c1)OC(C)(C)C(=O)C2)S(C)(=O)=O.CCN(c1ccc2c(c1)OC(C)(C)C(=O)N2c1ccc(F)cc1)S(C)(=O)=O.Fc1ccc(B2OB(c3ccc(F)cc3)OB(c3ccc(F)cc3)O2)cc1. The van der Waals surface area contributed by atoms with Crippen molar-refractivity contribution in [1.29, 1.82) is 0 Å². The van der Waals surface area contributed by atoms with Crippen LogP contribution >= 0.6 is 0 Å². The summed E-state index contributed by atoms with van der Waals surface area (Å²) in [5.41, 5.74) is 2.53. The first-order valence-corrected chi connectivity index (χ1v) is 26.9. The van der Waals surface area contributed by atoms with E-state index >= 15 is 0 Å². The van der Waals surface area contributed by atoms with Crippen LogP contribution in [-0.4, -0.2) is 86.7 Å². The summed E-state index contributed by atoms with van der Waals surface area (Å²) in [5, 5.41) is 0. The summed E-state index contributed by atoms with van der Waals surface area (Å²) in [6.45, 7) is 10.8. The maximum Gasteiger partial charge on any atom is 0.467 e. The van der Waals surface area contributed by atoms with Gasteiger partial charge in [0.15, 0.2) is 17.0 Å². The number of sulfonamides is 2. The van der Waals surface area contributed by atoms with Crippen molar-refractivity contribution < 1.29 is 67.2 Å². The first-order valence-electron chi connectivity index (χ1n) is 23.2. The van der Waals surface area contributed by atoms with Gasteiger partial charge in [-0.1, -0.05) is 42.5 Å². The zero-order valence-electron chi connectivity index (χ0n) is 41.7. The Bertz CT molecular complexity index is 3110. The summed E-state index contributed by atoms with van der Waals surface area (Å²) in [6, 6.07) is 32.7. The number of anilines is 4. The second kappa shape index (κ2) is 22.1. The standard InChI is InChI=1S/C19H21FN2O4S.C18H12B3F3O3.C14H19NO4S/c1-5-21(27(4,24)25)15-10-11-16-17(12-15)26-19(2,3)18(23)22(16)14-8-6-13(20)7-9-14;22-16-7-1-13(2-8-16)19-25-20(14-3-9-17(23)10-4-14)27-21(26-19)15-5-11-18(24)12-6-15;1-5-15(20(4,17)18)11-7-6-10-8-13(16)14(2,3)19-12(10)9-11/h6-12H,5H2,1-4H3;1-12H;6-7,9H,5,8H2,1-4H3. The minimum absolute atomic E-state index is 0.0215. The molecule has 386 valence electrons. The molecule has 14 nitrogen and oxygen atoms in total. The first-order chi connectivity index (χ1) is 34.8. The third-order valence-electron chi connectivity index (χ3n) is 11.9. The van der Waals surface area contributed by atoms with Gasteiger partial charge < -0.3 is 23.2 Å². The zero-order chi connectivity index (χ0) is 53.9. The van der Waals surface area contributed by atoms with Crippen molar-refractivity contribution in [2.24, 2.45) is 0 Å². The lowest BCUT2D eigenvalue weighted by molar-refractivity contribution is -0.133. The van der Waals surface area contributed by atoms with Gasteiger partial charge in [0.2, 0.25) is 20.0 Å². The number of carbonyl (C=O) groups excluding carboxylic acids is 2. The number of ketones is 1. The van der Waals surface area contributed by atoms with E-state index < -0.39 is 58.4 Å². The summed E-state index contributed by atoms with van der Waals surface area (Å²) in [7, 11) is -9.30.